The molecule has 0 amide bonds. The fourth-order valence-corrected chi connectivity index (χ4v) is 2.72. The third kappa shape index (κ3) is 2.73. The first-order chi connectivity index (χ1) is 10.6. The molecule has 0 saturated carbocycles. The predicted octanol–water partition coefficient (Wildman–Crippen LogP) is 2.70. The van der Waals surface area contributed by atoms with Gasteiger partial charge < -0.3 is 9.80 Å². The summed E-state index contributed by atoms with van der Waals surface area (Å²) in [7, 11) is 0. The minimum Gasteiger partial charge on any atom is -0.366 e. The Hall–Kier alpha value is -2.24. The van der Waals surface area contributed by atoms with E-state index in [-0.39, 0.29) is 0 Å². The van der Waals surface area contributed by atoms with Crippen molar-refractivity contribution >= 4 is 11.5 Å². The van der Waals surface area contributed by atoms with Crippen LogP contribution < -0.4 is 9.80 Å². The Morgan fingerprint density at radius 1 is 1.00 bits per heavy atom. The van der Waals surface area contributed by atoms with E-state index in [0.29, 0.717) is 18.8 Å². The van der Waals surface area contributed by atoms with E-state index >= 15 is 0 Å². The molecule has 1 saturated heterocycles. The summed E-state index contributed by atoms with van der Waals surface area (Å²) in [6.45, 7) is 6.84. The van der Waals surface area contributed by atoms with Crippen molar-refractivity contribution in [2.75, 3.05) is 36.0 Å². The lowest BCUT2D eigenvalue weighted by Gasteiger charge is -2.37. The number of rotatable bonds is 2. The molecule has 1 aromatic carbocycles. The lowest BCUT2D eigenvalue weighted by atomic mass is 10.1. The van der Waals surface area contributed by atoms with Crippen LogP contribution in [0.1, 0.15) is 11.1 Å². The van der Waals surface area contributed by atoms with E-state index in [4.69, 9.17) is 0 Å². The van der Waals surface area contributed by atoms with Gasteiger partial charge in [-0.05, 0) is 37.1 Å². The van der Waals surface area contributed by atoms with Crippen LogP contribution in [0.15, 0.2) is 24.4 Å². The first-order valence-electron chi connectivity index (χ1n) is 7.30. The van der Waals surface area contributed by atoms with Crippen LogP contribution in [0.4, 0.5) is 20.3 Å². The van der Waals surface area contributed by atoms with Gasteiger partial charge in [0.2, 0.25) is 0 Å². The maximum absolute atomic E-state index is 13.9. The van der Waals surface area contributed by atoms with E-state index in [0.717, 1.165) is 36.1 Å². The van der Waals surface area contributed by atoms with Gasteiger partial charge in [-0.1, -0.05) is 0 Å². The molecule has 2 aromatic rings. The SMILES string of the molecule is Cc1cnnc(N2CCN(c3ccc(F)cc3F)CC2)c1C. The van der Waals surface area contributed by atoms with Crippen LogP contribution in [0, 0.1) is 25.5 Å². The highest BCUT2D eigenvalue weighted by molar-refractivity contribution is 5.53. The summed E-state index contributed by atoms with van der Waals surface area (Å²) in [4.78, 5) is 4.09. The van der Waals surface area contributed by atoms with E-state index in [1.807, 2.05) is 18.7 Å². The minimum atomic E-state index is -0.550. The van der Waals surface area contributed by atoms with Crippen molar-refractivity contribution in [1.29, 1.82) is 0 Å². The first-order valence-corrected chi connectivity index (χ1v) is 7.30. The number of halogens is 2. The second-order valence-electron chi connectivity index (χ2n) is 5.55. The van der Waals surface area contributed by atoms with E-state index in [1.165, 1.54) is 12.1 Å². The number of piperazine rings is 1. The number of aryl methyl sites for hydroxylation is 1. The highest BCUT2D eigenvalue weighted by Crippen LogP contribution is 2.24. The molecule has 1 aliphatic heterocycles. The van der Waals surface area contributed by atoms with Gasteiger partial charge in [0, 0.05) is 32.2 Å². The summed E-state index contributed by atoms with van der Waals surface area (Å²) in [5, 5.41) is 8.24. The Bertz CT molecular complexity index is 682. The molecule has 6 heteroatoms. The Morgan fingerprint density at radius 3 is 2.36 bits per heavy atom. The monoisotopic (exact) mass is 304 g/mol. The molecule has 116 valence electrons. The Morgan fingerprint density at radius 2 is 1.68 bits per heavy atom. The molecular formula is C16H18F2N4. The van der Waals surface area contributed by atoms with Crippen molar-refractivity contribution < 1.29 is 8.78 Å². The van der Waals surface area contributed by atoms with Crippen molar-refractivity contribution in [3.63, 3.8) is 0 Å². The quantitative estimate of drug-likeness (QED) is 0.854. The van der Waals surface area contributed by atoms with Crippen molar-refractivity contribution in [3.05, 3.63) is 47.2 Å². The van der Waals surface area contributed by atoms with Crippen LogP contribution in [0.25, 0.3) is 0 Å². The standard InChI is InChI=1S/C16H18F2N4/c1-11-10-19-20-16(12(11)2)22-7-5-21(6-8-22)15-4-3-13(17)9-14(15)18/h3-4,9-10H,5-8H2,1-2H3. The van der Waals surface area contributed by atoms with Gasteiger partial charge in [0.1, 0.15) is 11.6 Å². The summed E-state index contributed by atoms with van der Waals surface area (Å²) in [6.07, 6.45) is 1.75. The molecule has 4 nitrogen and oxygen atoms in total. The van der Waals surface area contributed by atoms with Gasteiger partial charge in [0.25, 0.3) is 0 Å². The molecule has 0 aliphatic carbocycles. The predicted molar refractivity (Wildman–Crippen MR) is 82.3 cm³/mol. The normalized spacial score (nSPS) is 15.3. The van der Waals surface area contributed by atoms with Gasteiger partial charge in [0.15, 0.2) is 5.82 Å². The summed E-state index contributed by atoms with van der Waals surface area (Å²) in [5.41, 5.74) is 2.68. The zero-order valence-corrected chi connectivity index (χ0v) is 12.7. The molecule has 1 fully saturated rings. The van der Waals surface area contributed by atoms with Gasteiger partial charge in [-0.15, -0.1) is 5.10 Å². The average Bonchev–Trinajstić information content (AvgIpc) is 2.50. The van der Waals surface area contributed by atoms with E-state index < -0.39 is 11.6 Å². The smallest absolute Gasteiger partial charge is 0.154 e. The van der Waals surface area contributed by atoms with Gasteiger partial charge in [-0.25, -0.2) is 8.78 Å². The van der Waals surface area contributed by atoms with Crippen LogP contribution in [-0.4, -0.2) is 36.4 Å². The average molecular weight is 304 g/mol. The number of hydrogen-bond acceptors (Lipinski definition) is 4. The molecule has 0 bridgehead atoms. The largest absolute Gasteiger partial charge is 0.366 e. The van der Waals surface area contributed by atoms with Gasteiger partial charge >= 0.3 is 0 Å². The lowest BCUT2D eigenvalue weighted by molar-refractivity contribution is 0.569. The van der Waals surface area contributed by atoms with Crippen LogP contribution in [0.5, 0.6) is 0 Å². The zero-order valence-electron chi connectivity index (χ0n) is 12.7. The van der Waals surface area contributed by atoms with Crippen molar-refractivity contribution in [2.24, 2.45) is 0 Å². The van der Waals surface area contributed by atoms with Crippen molar-refractivity contribution in [2.45, 2.75) is 13.8 Å². The Labute approximate surface area is 128 Å². The summed E-state index contributed by atoms with van der Waals surface area (Å²) >= 11 is 0. The molecule has 0 atom stereocenters. The Kier molecular flexibility index (Phi) is 3.92. The molecule has 3 rings (SSSR count). The van der Waals surface area contributed by atoms with Gasteiger partial charge in [-0.3, -0.25) is 0 Å². The van der Waals surface area contributed by atoms with E-state index in [9.17, 15) is 8.78 Å². The second kappa shape index (κ2) is 5.87. The first kappa shape index (κ1) is 14.7. The molecule has 1 aliphatic rings. The molecule has 0 unspecified atom stereocenters. The van der Waals surface area contributed by atoms with Crippen LogP contribution in [0.3, 0.4) is 0 Å². The summed E-state index contributed by atoms with van der Waals surface area (Å²) in [6, 6.07) is 3.72. The number of benzene rings is 1. The van der Waals surface area contributed by atoms with Crippen LogP contribution in [-0.2, 0) is 0 Å². The van der Waals surface area contributed by atoms with E-state index in [2.05, 4.69) is 15.1 Å². The molecule has 22 heavy (non-hydrogen) atoms. The molecule has 0 radical (unpaired) electrons. The fourth-order valence-electron chi connectivity index (χ4n) is 2.72. The third-order valence-electron chi connectivity index (χ3n) is 4.16. The lowest BCUT2D eigenvalue weighted by Crippen LogP contribution is -2.47. The number of nitrogens with zero attached hydrogens (tertiary/aromatic N) is 4. The third-order valence-corrected chi connectivity index (χ3v) is 4.16. The van der Waals surface area contributed by atoms with Gasteiger partial charge in [0.05, 0.1) is 11.9 Å². The molecule has 0 spiro atoms. The van der Waals surface area contributed by atoms with E-state index in [1.54, 1.807) is 6.20 Å². The highest BCUT2D eigenvalue weighted by atomic mass is 19.1. The Balaban J connectivity index is 1.74. The van der Waals surface area contributed by atoms with Crippen molar-refractivity contribution in [3.8, 4) is 0 Å². The maximum Gasteiger partial charge on any atom is 0.154 e. The fraction of sp³-hybridized carbons (Fsp3) is 0.375. The molecule has 0 N–H and O–H groups in total. The molecular weight excluding hydrogens is 286 g/mol. The van der Waals surface area contributed by atoms with Gasteiger partial charge in [-0.2, -0.15) is 5.10 Å². The summed E-state index contributed by atoms with van der Waals surface area (Å²) < 4.78 is 26.9. The molecule has 2 heterocycles. The number of hydrogen-bond donors (Lipinski definition) is 0. The maximum atomic E-state index is 13.9. The van der Waals surface area contributed by atoms with Crippen LogP contribution in [0.2, 0.25) is 0 Å². The van der Waals surface area contributed by atoms with Crippen LogP contribution >= 0.6 is 0 Å². The highest BCUT2D eigenvalue weighted by Gasteiger charge is 2.22. The minimum absolute atomic E-state index is 0.452. The van der Waals surface area contributed by atoms with Crippen molar-refractivity contribution in [1.82, 2.24) is 10.2 Å². The summed E-state index contributed by atoms with van der Waals surface area (Å²) in [5.74, 6) is -0.176. The second-order valence-corrected chi connectivity index (χ2v) is 5.55. The number of anilines is 2. The topological polar surface area (TPSA) is 32.3 Å². The molecule has 1 aromatic heterocycles. The number of aromatic nitrogens is 2. The zero-order chi connectivity index (χ0) is 15.7.